The number of thioether (sulfide) groups is 1. The molecule has 0 bridgehead atoms. The molecule has 0 spiro atoms. The fourth-order valence-electron chi connectivity index (χ4n) is 2.26. The van der Waals surface area contributed by atoms with Crippen molar-refractivity contribution in [1.82, 2.24) is 19.7 Å². The molecule has 1 aromatic carbocycles. The summed E-state index contributed by atoms with van der Waals surface area (Å²) >= 11 is 1.47. The van der Waals surface area contributed by atoms with Gasteiger partial charge in [0.2, 0.25) is 0 Å². The van der Waals surface area contributed by atoms with Crippen molar-refractivity contribution in [2.45, 2.75) is 18.6 Å². The van der Waals surface area contributed by atoms with Gasteiger partial charge in [-0.3, -0.25) is 9.48 Å². The number of nitrogens with zero attached hydrogens (tertiary/aromatic N) is 4. The van der Waals surface area contributed by atoms with Crippen LogP contribution in [0.3, 0.4) is 0 Å². The highest BCUT2D eigenvalue weighted by atomic mass is 32.2. The highest BCUT2D eigenvalue weighted by Crippen LogP contribution is 2.26. The van der Waals surface area contributed by atoms with E-state index in [0.29, 0.717) is 22.9 Å². The summed E-state index contributed by atoms with van der Waals surface area (Å²) in [5, 5.41) is 6.78. The van der Waals surface area contributed by atoms with Crippen molar-refractivity contribution in [3.63, 3.8) is 0 Å². The van der Waals surface area contributed by atoms with Crippen LogP contribution in [0.5, 0.6) is 0 Å². The molecule has 0 aliphatic carbocycles. The molecule has 102 valence electrons. The van der Waals surface area contributed by atoms with Crippen LogP contribution < -0.4 is 5.73 Å². The molecular weight excluding hydrogens is 274 g/mol. The van der Waals surface area contributed by atoms with E-state index in [1.54, 1.807) is 10.9 Å². The molecule has 1 amide bonds. The Balaban J connectivity index is 2.44. The van der Waals surface area contributed by atoms with E-state index in [4.69, 9.17) is 5.73 Å². The molecule has 0 saturated carbocycles. The SMILES string of the molecule is CCn1nc2c(ccc3cnc(SC)nc32)c1C(N)=O. The van der Waals surface area contributed by atoms with Gasteiger partial charge in [0.05, 0.1) is 0 Å². The lowest BCUT2D eigenvalue weighted by atomic mass is 10.1. The number of benzene rings is 1. The van der Waals surface area contributed by atoms with Gasteiger partial charge in [-0.15, -0.1) is 0 Å². The van der Waals surface area contributed by atoms with Crippen molar-refractivity contribution in [3.05, 3.63) is 24.0 Å². The maximum absolute atomic E-state index is 11.6. The number of carbonyl (C=O) groups is 1. The Morgan fingerprint density at radius 2 is 2.20 bits per heavy atom. The van der Waals surface area contributed by atoms with Crippen LogP contribution in [0.2, 0.25) is 0 Å². The fraction of sp³-hybridized carbons (Fsp3) is 0.231. The number of amides is 1. The van der Waals surface area contributed by atoms with E-state index in [2.05, 4.69) is 15.1 Å². The van der Waals surface area contributed by atoms with Gasteiger partial charge in [0, 0.05) is 23.5 Å². The van der Waals surface area contributed by atoms with Crippen molar-refractivity contribution in [2.24, 2.45) is 5.73 Å². The minimum atomic E-state index is -0.479. The van der Waals surface area contributed by atoms with Crippen LogP contribution in [0.4, 0.5) is 0 Å². The van der Waals surface area contributed by atoms with Crippen LogP contribution >= 0.6 is 11.8 Å². The van der Waals surface area contributed by atoms with Gasteiger partial charge in [0.1, 0.15) is 16.7 Å². The predicted octanol–water partition coefficient (Wildman–Crippen LogP) is 1.82. The maximum Gasteiger partial charge on any atom is 0.267 e. The number of aryl methyl sites for hydroxylation is 1. The van der Waals surface area contributed by atoms with Gasteiger partial charge in [-0.25, -0.2) is 9.97 Å². The first-order chi connectivity index (χ1) is 9.65. The minimum Gasteiger partial charge on any atom is -0.364 e. The lowest BCUT2D eigenvalue weighted by molar-refractivity contribution is 0.0992. The average Bonchev–Trinajstić information content (AvgIpc) is 2.85. The molecule has 7 heteroatoms. The summed E-state index contributed by atoms with van der Waals surface area (Å²) in [6, 6.07) is 3.73. The number of nitrogens with two attached hydrogens (primary N) is 1. The molecule has 20 heavy (non-hydrogen) atoms. The van der Waals surface area contributed by atoms with Crippen molar-refractivity contribution >= 4 is 39.5 Å². The highest BCUT2D eigenvalue weighted by molar-refractivity contribution is 7.98. The van der Waals surface area contributed by atoms with Gasteiger partial charge in [-0.2, -0.15) is 5.10 Å². The first kappa shape index (κ1) is 12.9. The Hall–Kier alpha value is -2.15. The second-order valence-electron chi connectivity index (χ2n) is 4.28. The molecule has 0 aliphatic rings. The smallest absolute Gasteiger partial charge is 0.267 e. The molecule has 2 N–H and O–H groups in total. The quantitative estimate of drug-likeness (QED) is 0.586. The first-order valence-electron chi connectivity index (χ1n) is 6.15. The van der Waals surface area contributed by atoms with Crippen LogP contribution in [0, 0.1) is 0 Å². The molecule has 0 unspecified atom stereocenters. The average molecular weight is 287 g/mol. The number of fused-ring (bicyclic) bond motifs is 3. The Kier molecular flexibility index (Phi) is 3.06. The molecule has 2 heterocycles. The van der Waals surface area contributed by atoms with Crippen molar-refractivity contribution in [3.8, 4) is 0 Å². The molecule has 0 aliphatic heterocycles. The Bertz CT molecular complexity index is 826. The monoisotopic (exact) mass is 287 g/mol. The van der Waals surface area contributed by atoms with Gasteiger partial charge in [-0.1, -0.05) is 17.8 Å². The van der Waals surface area contributed by atoms with Gasteiger partial charge in [-0.05, 0) is 19.2 Å². The van der Waals surface area contributed by atoms with Crippen molar-refractivity contribution in [2.75, 3.05) is 6.26 Å². The largest absolute Gasteiger partial charge is 0.364 e. The Labute approximate surface area is 119 Å². The normalized spacial score (nSPS) is 11.3. The second-order valence-corrected chi connectivity index (χ2v) is 5.06. The number of rotatable bonds is 3. The number of hydrogen-bond acceptors (Lipinski definition) is 5. The molecule has 0 atom stereocenters. The molecule has 0 fully saturated rings. The maximum atomic E-state index is 11.6. The summed E-state index contributed by atoms with van der Waals surface area (Å²) in [5.74, 6) is -0.479. The third-order valence-corrected chi connectivity index (χ3v) is 3.72. The number of carbonyl (C=O) groups excluding carboxylic acids is 1. The summed E-state index contributed by atoms with van der Waals surface area (Å²) in [6.07, 6.45) is 3.68. The van der Waals surface area contributed by atoms with Crippen LogP contribution in [0.25, 0.3) is 21.8 Å². The second kappa shape index (κ2) is 4.75. The molecule has 3 aromatic rings. The summed E-state index contributed by atoms with van der Waals surface area (Å²) < 4.78 is 1.62. The molecule has 0 radical (unpaired) electrons. The van der Waals surface area contributed by atoms with E-state index < -0.39 is 5.91 Å². The van der Waals surface area contributed by atoms with Gasteiger partial charge < -0.3 is 5.73 Å². The zero-order valence-electron chi connectivity index (χ0n) is 11.1. The summed E-state index contributed by atoms with van der Waals surface area (Å²) in [7, 11) is 0. The van der Waals surface area contributed by atoms with Crippen molar-refractivity contribution < 1.29 is 4.79 Å². The molecule has 3 rings (SSSR count). The summed E-state index contributed by atoms with van der Waals surface area (Å²) in [6.45, 7) is 2.50. The Morgan fingerprint density at radius 3 is 2.85 bits per heavy atom. The number of aromatic nitrogens is 4. The number of hydrogen-bond donors (Lipinski definition) is 1. The van der Waals surface area contributed by atoms with Gasteiger partial charge in [0.25, 0.3) is 5.91 Å². The zero-order valence-corrected chi connectivity index (χ0v) is 11.9. The third-order valence-electron chi connectivity index (χ3n) is 3.15. The molecule has 2 aromatic heterocycles. The highest BCUT2D eigenvalue weighted by Gasteiger charge is 2.17. The Morgan fingerprint density at radius 1 is 1.40 bits per heavy atom. The van der Waals surface area contributed by atoms with E-state index in [0.717, 1.165) is 16.3 Å². The zero-order chi connectivity index (χ0) is 14.3. The van der Waals surface area contributed by atoms with E-state index in [-0.39, 0.29) is 0 Å². The molecular formula is C13H13N5OS. The lowest BCUT2D eigenvalue weighted by Gasteiger charge is -2.00. The topological polar surface area (TPSA) is 86.7 Å². The van der Waals surface area contributed by atoms with Gasteiger partial charge in [0.15, 0.2) is 5.16 Å². The van der Waals surface area contributed by atoms with Crippen LogP contribution in [-0.4, -0.2) is 31.9 Å². The van der Waals surface area contributed by atoms with Crippen LogP contribution in [0.1, 0.15) is 17.4 Å². The van der Waals surface area contributed by atoms with Gasteiger partial charge >= 0.3 is 0 Å². The predicted molar refractivity (Wildman–Crippen MR) is 78.8 cm³/mol. The third kappa shape index (κ3) is 1.82. The minimum absolute atomic E-state index is 0.425. The summed E-state index contributed by atoms with van der Waals surface area (Å²) in [5.41, 5.74) is 7.33. The molecule has 0 saturated heterocycles. The lowest BCUT2D eigenvalue weighted by Crippen LogP contribution is -2.17. The standard InChI is InChI=1S/C13H13N5OS/c1-3-18-11(12(14)19)8-5-4-7-6-15-13(20-2)16-9(7)10(8)17-18/h4-6H,3H2,1-2H3,(H2,14,19). The van der Waals surface area contributed by atoms with E-state index in [9.17, 15) is 4.79 Å². The van der Waals surface area contributed by atoms with Crippen LogP contribution in [-0.2, 0) is 6.54 Å². The van der Waals surface area contributed by atoms with Crippen molar-refractivity contribution in [1.29, 1.82) is 0 Å². The first-order valence-corrected chi connectivity index (χ1v) is 7.38. The van der Waals surface area contributed by atoms with E-state index in [1.165, 1.54) is 11.8 Å². The number of primary amides is 1. The summed E-state index contributed by atoms with van der Waals surface area (Å²) in [4.78, 5) is 20.4. The van der Waals surface area contributed by atoms with E-state index >= 15 is 0 Å². The molecule has 6 nitrogen and oxygen atoms in total. The van der Waals surface area contributed by atoms with E-state index in [1.807, 2.05) is 25.3 Å². The fourth-order valence-corrected chi connectivity index (χ4v) is 2.60. The van der Waals surface area contributed by atoms with Crippen LogP contribution in [0.15, 0.2) is 23.5 Å².